The quantitative estimate of drug-likeness (QED) is 0.918. The number of nitrogens with zero attached hydrogens (tertiary/aromatic N) is 2. The number of aromatic nitrogens is 2. The smallest absolute Gasteiger partial charge is 0.264 e. The lowest BCUT2D eigenvalue weighted by atomic mass is 10.1. The van der Waals surface area contributed by atoms with Crippen molar-refractivity contribution < 1.29 is 19.1 Å². The predicted octanol–water partition coefficient (Wildman–Crippen LogP) is 1.95. The van der Waals surface area contributed by atoms with Crippen LogP contribution < -0.4 is 9.47 Å². The number of fused-ring (bicyclic) bond motifs is 1. The number of aliphatic hydroxyl groups excluding tert-OH is 1. The first-order valence-corrected chi connectivity index (χ1v) is 6.69. The fraction of sp³-hybridized carbons (Fsp3) is 0.429. The molecule has 2 heterocycles. The van der Waals surface area contributed by atoms with Crippen molar-refractivity contribution in [1.82, 2.24) is 10.1 Å². The molecule has 1 N–H and O–H groups in total. The molecule has 6 heteroatoms. The minimum atomic E-state index is -0.545. The van der Waals surface area contributed by atoms with Gasteiger partial charge in [0.05, 0.1) is 0 Å². The molecule has 1 aromatic carbocycles. The van der Waals surface area contributed by atoms with E-state index in [1.165, 1.54) is 0 Å². The topological polar surface area (TPSA) is 77.6 Å². The molecule has 0 bridgehead atoms. The van der Waals surface area contributed by atoms with Gasteiger partial charge >= 0.3 is 0 Å². The fourth-order valence-corrected chi connectivity index (χ4v) is 2.24. The van der Waals surface area contributed by atoms with Gasteiger partial charge in [-0.25, -0.2) is 0 Å². The van der Waals surface area contributed by atoms with Crippen LogP contribution in [0.1, 0.15) is 42.1 Å². The molecule has 0 saturated heterocycles. The molecule has 0 radical (unpaired) electrons. The molecule has 2 aromatic rings. The normalized spacial score (nSPS) is 20.6. The molecule has 1 aliphatic heterocycles. The van der Waals surface area contributed by atoms with E-state index in [0.717, 1.165) is 24.2 Å². The molecule has 1 unspecified atom stereocenters. The van der Waals surface area contributed by atoms with E-state index in [1.807, 2.05) is 6.07 Å². The largest absolute Gasteiger partial charge is 0.490 e. The van der Waals surface area contributed by atoms with E-state index in [1.54, 1.807) is 12.1 Å². The fourth-order valence-electron chi connectivity index (χ4n) is 2.24. The number of ether oxygens (including phenoxy) is 2. The van der Waals surface area contributed by atoms with Gasteiger partial charge in [-0.1, -0.05) is 5.16 Å². The minimum Gasteiger partial charge on any atom is -0.490 e. The number of benzene rings is 1. The van der Waals surface area contributed by atoms with E-state index in [4.69, 9.17) is 14.0 Å². The summed E-state index contributed by atoms with van der Waals surface area (Å²) >= 11 is 0. The lowest BCUT2D eigenvalue weighted by Crippen LogP contribution is -1.97. The first-order chi connectivity index (χ1) is 9.79. The van der Waals surface area contributed by atoms with Crippen LogP contribution in [0.25, 0.3) is 0 Å². The van der Waals surface area contributed by atoms with Crippen molar-refractivity contribution in [2.24, 2.45) is 0 Å². The highest BCUT2D eigenvalue weighted by atomic mass is 16.5. The van der Waals surface area contributed by atoms with Crippen molar-refractivity contribution in [1.29, 1.82) is 0 Å². The van der Waals surface area contributed by atoms with Crippen molar-refractivity contribution >= 4 is 0 Å². The number of hydrogen-bond donors (Lipinski definition) is 1. The Labute approximate surface area is 115 Å². The molecule has 1 aromatic heterocycles. The molecule has 1 saturated carbocycles. The predicted molar refractivity (Wildman–Crippen MR) is 67.5 cm³/mol. The standard InChI is InChI=1S/C14H14N2O4/c17-11-6-19-12-5-9(3-4-10(11)12)18-7-13-15-14(16-20-13)8-1-2-8/h3-5,8,11,17H,1-2,6-7H2. The van der Waals surface area contributed by atoms with Crippen molar-refractivity contribution in [2.45, 2.75) is 31.5 Å². The summed E-state index contributed by atoms with van der Waals surface area (Å²) in [6.07, 6.45) is 1.74. The molecular weight excluding hydrogens is 260 g/mol. The van der Waals surface area contributed by atoms with Crippen LogP contribution in [-0.2, 0) is 6.61 Å². The summed E-state index contributed by atoms with van der Waals surface area (Å²) in [5.74, 6) is 3.06. The SMILES string of the molecule is OC1COc2cc(OCc3nc(C4CC4)no3)ccc21. The minimum absolute atomic E-state index is 0.237. The summed E-state index contributed by atoms with van der Waals surface area (Å²) in [7, 11) is 0. The monoisotopic (exact) mass is 274 g/mol. The second-order valence-corrected chi connectivity index (χ2v) is 5.14. The van der Waals surface area contributed by atoms with Gasteiger partial charge in [0, 0.05) is 17.5 Å². The molecule has 1 aliphatic carbocycles. The molecule has 104 valence electrons. The van der Waals surface area contributed by atoms with Crippen LogP contribution in [0.5, 0.6) is 11.5 Å². The van der Waals surface area contributed by atoms with Crippen LogP contribution in [-0.4, -0.2) is 21.9 Å². The molecular formula is C14H14N2O4. The Bertz CT molecular complexity index is 636. The average Bonchev–Trinajstić information content (AvgIpc) is 3.10. The molecule has 2 aliphatic rings. The van der Waals surface area contributed by atoms with Crippen molar-refractivity contribution in [3.8, 4) is 11.5 Å². The summed E-state index contributed by atoms with van der Waals surface area (Å²) in [6.45, 7) is 0.536. The van der Waals surface area contributed by atoms with Gasteiger partial charge in [-0.05, 0) is 25.0 Å². The van der Waals surface area contributed by atoms with Gasteiger partial charge in [-0.3, -0.25) is 0 Å². The summed E-state index contributed by atoms with van der Waals surface area (Å²) in [6, 6.07) is 5.38. The van der Waals surface area contributed by atoms with Crippen LogP contribution in [0.3, 0.4) is 0 Å². The Balaban J connectivity index is 1.43. The summed E-state index contributed by atoms with van der Waals surface area (Å²) < 4.78 is 16.1. The zero-order chi connectivity index (χ0) is 13.5. The van der Waals surface area contributed by atoms with E-state index in [2.05, 4.69) is 10.1 Å². The average molecular weight is 274 g/mol. The van der Waals surface area contributed by atoms with Gasteiger partial charge in [0.1, 0.15) is 24.2 Å². The second-order valence-electron chi connectivity index (χ2n) is 5.14. The maximum Gasteiger partial charge on any atom is 0.264 e. The third-order valence-corrected chi connectivity index (χ3v) is 3.53. The Kier molecular flexibility index (Phi) is 2.63. The molecule has 1 fully saturated rings. The van der Waals surface area contributed by atoms with E-state index in [9.17, 15) is 5.11 Å². The van der Waals surface area contributed by atoms with E-state index >= 15 is 0 Å². The van der Waals surface area contributed by atoms with Crippen LogP contribution in [0.15, 0.2) is 22.7 Å². The lowest BCUT2D eigenvalue weighted by molar-refractivity contribution is 0.140. The molecule has 4 rings (SSSR count). The van der Waals surface area contributed by atoms with Gasteiger partial charge in [-0.15, -0.1) is 0 Å². The van der Waals surface area contributed by atoms with Crippen LogP contribution in [0, 0.1) is 0 Å². The highest BCUT2D eigenvalue weighted by molar-refractivity contribution is 5.44. The van der Waals surface area contributed by atoms with Crippen molar-refractivity contribution in [2.75, 3.05) is 6.61 Å². The van der Waals surface area contributed by atoms with Crippen LogP contribution >= 0.6 is 0 Å². The van der Waals surface area contributed by atoms with Crippen molar-refractivity contribution in [3.63, 3.8) is 0 Å². The van der Waals surface area contributed by atoms with E-state index in [0.29, 0.717) is 29.9 Å². The van der Waals surface area contributed by atoms with Crippen LogP contribution in [0.2, 0.25) is 0 Å². The second kappa shape index (κ2) is 4.49. The van der Waals surface area contributed by atoms with Gasteiger partial charge < -0.3 is 19.1 Å². The summed E-state index contributed by atoms with van der Waals surface area (Å²) in [4.78, 5) is 4.30. The maximum absolute atomic E-state index is 9.64. The highest BCUT2D eigenvalue weighted by Crippen LogP contribution is 2.38. The maximum atomic E-state index is 9.64. The van der Waals surface area contributed by atoms with E-state index < -0.39 is 6.10 Å². The Hall–Kier alpha value is -2.08. The first-order valence-electron chi connectivity index (χ1n) is 6.69. The van der Waals surface area contributed by atoms with E-state index in [-0.39, 0.29) is 6.61 Å². The summed E-state index contributed by atoms with van der Waals surface area (Å²) in [5, 5.41) is 13.6. The van der Waals surface area contributed by atoms with Gasteiger partial charge in [0.15, 0.2) is 12.4 Å². The first kappa shape index (κ1) is 11.7. The zero-order valence-corrected chi connectivity index (χ0v) is 10.8. The zero-order valence-electron chi connectivity index (χ0n) is 10.8. The van der Waals surface area contributed by atoms with Crippen molar-refractivity contribution in [3.05, 3.63) is 35.5 Å². The molecule has 6 nitrogen and oxygen atoms in total. The third-order valence-electron chi connectivity index (χ3n) is 3.53. The van der Waals surface area contributed by atoms with Gasteiger partial charge in [0.25, 0.3) is 5.89 Å². The Morgan fingerprint density at radius 1 is 1.35 bits per heavy atom. The number of rotatable bonds is 4. The third kappa shape index (κ3) is 2.12. The molecule has 1 atom stereocenters. The lowest BCUT2D eigenvalue weighted by Gasteiger charge is -2.05. The molecule has 20 heavy (non-hydrogen) atoms. The van der Waals surface area contributed by atoms with Gasteiger partial charge in [0.2, 0.25) is 0 Å². The molecule has 0 amide bonds. The molecule has 0 spiro atoms. The Morgan fingerprint density at radius 3 is 3.10 bits per heavy atom. The van der Waals surface area contributed by atoms with Crippen LogP contribution in [0.4, 0.5) is 0 Å². The number of aliphatic hydroxyl groups is 1. The Morgan fingerprint density at radius 2 is 2.25 bits per heavy atom. The highest BCUT2D eigenvalue weighted by Gasteiger charge is 2.28. The van der Waals surface area contributed by atoms with Gasteiger partial charge in [-0.2, -0.15) is 4.98 Å². The summed E-state index contributed by atoms with van der Waals surface area (Å²) in [5.41, 5.74) is 0.797. The number of hydrogen-bond acceptors (Lipinski definition) is 6.